The van der Waals surface area contributed by atoms with Crippen LogP contribution >= 0.6 is 0 Å². The van der Waals surface area contributed by atoms with Crippen molar-refractivity contribution in [3.8, 4) is 0 Å². The molecule has 0 N–H and O–H groups in total. The van der Waals surface area contributed by atoms with Crippen LogP contribution in [0.2, 0.25) is 0 Å². The van der Waals surface area contributed by atoms with Gasteiger partial charge in [-0.3, -0.25) is 4.98 Å². The number of oxime groups is 1. The first kappa shape index (κ1) is 13.8. The summed E-state index contributed by atoms with van der Waals surface area (Å²) >= 11 is 0. The van der Waals surface area contributed by atoms with E-state index in [1.165, 1.54) is 31.2 Å². The van der Waals surface area contributed by atoms with Gasteiger partial charge in [-0.15, -0.1) is 0 Å². The molecule has 0 atom stereocenters. The van der Waals surface area contributed by atoms with Crippen LogP contribution in [-0.2, 0) is 11.4 Å². The van der Waals surface area contributed by atoms with Gasteiger partial charge in [-0.1, -0.05) is 42.3 Å². The van der Waals surface area contributed by atoms with Gasteiger partial charge in [-0.25, -0.2) is 0 Å². The fourth-order valence-electron chi connectivity index (χ4n) is 2.85. The molecule has 1 aliphatic rings. The predicted molar refractivity (Wildman–Crippen MR) is 84.3 cm³/mol. The van der Waals surface area contributed by atoms with Crippen molar-refractivity contribution in [1.29, 1.82) is 0 Å². The molecule has 0 amide bonds. The minimum atomic E-state index is 0.451. The summed E-state index contributed by atoms with van der Waals surface area (Å²) < 4.78 is 0. The van der Waals surface area contributed by atoms with Gasteiger partial charge in [0.1, 0.15) is 6.61 Å². The van der Waals surface area contributed by atoms with Crippen molar-refractivity contribution in [2.45, 2.75) is 38.2 Å². The maximum atomic E-state index is 5.32. The Morgan fingerprint density at radius 1 is 1.19 bits per heavy atom. The first-order chi connectivity index (χ1) is 10.4. The molecule has 3 heteroatoms. The van der Waals surface area contributed by atoms with Crippen LogP contribution in [0.25, 0.3) is 0 Å². The topological polar surface area (TPSA) is 34.5 Å². The SMILES string of the molecule is C(=N\OCc1cccnc1)/c1cccc(C2CCCC2)c1. The van der Waals surface area contributed by atoms with Crippen LogP contribution in [0, 0.1) is 0 Å². The number of hydrogen-bond acceptors (Lipinski definition) is 3. The Morgan fingerprint density at radius 2 is 2.10 bits per heavy atom. The standard InChI is InChI=1S/C18H20N2O/c1-2-8-17(7-1)18-9-3-5-15(11-18)13-20-21-14-16-6-4-10-19-12-16/h3-6,9-13,17H,1-2,7-8,14H2/b20-13+. The third-order valence-electron chi connectivity index (χ3n) is 3.97. The lowest BCUT2D eigenvalue weighted by molar-refractivity contribution is 0.132. The van der Waals surface area contributed by atoms with E-state index in [1.54, 1.807) is 18.6 Å². The van der Waals surface area contributed by atoms with Crippen LogP contribution in [-0.4, -0.2) is 11.2 Å². The lowest BCUT2D eigenvalue weighted by atomic mass is 9.96. The second-order valence-corrected chi connectivity index (χ2v) is 5.52. The summed E-state index contributed by atoms with van der Waals surface area (Å²) in [5.41, 5.74) is 3.56. The number of hydrogen-bond donors (Lipinski definition) is 0. The van der Waals surface area contributed by atoms with Crippen molar-refractivity contribution in [1.82, 2.24) is 4.98 Å². The molecule has 1 aliphatic carbocycles. The van der Waals surface area contributed by atoms with Gasteiger partial charge in [0.15, 0.2) is 0 Å². The van der Waals surface area contributed by atoms with Crippen LogP contribution in [0.3, 0.4) is 0 Å². The second kappa shape index (κ2) is 7.02. The third-order valence-corrected chi connectivity index (χ3v) is 3.97. The van der Waals surface area contributed by atoms with Gasteiger partial charge in [0, 0.05) is 18.0 Å². The molecule has 1 aromatic heterocycles. The normalized spacial score (nSPS) is 15.6. The lowest BCUT2D eigenvalue weighted by Crippen LogP contribution is -1.94. The van der Waals surface area contributed by atoms with Crippen LogP contribution < -0.4 is 0 Å². The monoisotopic (exact) mass is 280 g/mol. The van der Waals surface area contributed by atoms with E-state index in [9.17, 15) is 0 Å². The highest BCUT2D eigenvalue weighted by atomic mass is 16.6. The van der Waals surface area contributed by atoms with E-state index in [0.29, 0.717) is 6.61 Å². The maximum absolute atomic E-state index is 5.32. The summed E-state index contributed by atoms with van der Waals surface area (Å²) in [6.07, 6.45) is 10.7. The average molecular weight is 280 g/mol. The van der Waals surface area contributed by atoms with Crippen LogP contribution in [0.1, 0.15) is 48.3 Å². The van der Waals surface area contributed by atoms with Gasteiger partial charge < -0.3 is 4.84 Å². The largest absolute Gasteiger partial charge is 0.391 e. The summed E-state index contributed by atoms with van der Waals surface area (Å²) in [6.45, 7) is 0.451. The zero-order valence-electron chi connectivity index (χ0n) is 12.1. The van der Waals surface area contributed by atoms with Crippen LogP contribution in [0.15, 0.2) is 53.9 Å². The summed E-state index contributed by atoms with van der Waals surface area (Å²) in [7, 11) is 0. The van der Waals surface area contributed by atoms with Crippen molar-refractivity contribution < 1.29 is 4.84 Å². The molecule has 1 saturated carbocycles. The number of aromatic nitrogens is 1. The Balaban J connectivity index is 1.57. The van der Waals surface area contributed by atoms with E-state index in [1.807, 2.05) is 12.1 Å². The van der Waals surface area contributed by atoms with Gasteiger partial charge >= 0.3 is 0 Å². The van der Waals surface area contributed by atoms with Gasteiger partial charge in [-0.2, -0.15) is 0 Å². The Labute approximate surface area is 125 Å². The smallest absolute Gasteiger partial charge is 0.143 e. The average Bonchev–Trinajstić information content (AvgIpc) is 3.07. The molecule has 3 nitrogen and oxygen atoms in total. The zero-order chi connectivity index (χ0) is 14.3. The van der Waals surface area contributed by atoms with E-state index in [-0.39, 0.29) is 0 Å². The minimum absolute atomic E-state index is 0.451. The summed E-state index contributed by atoms with van der Waals surface area (Å²) in [5, 5.41) is 4.05. The molecule has 0 spiro atoms. The molecule has 0 saturated heterocycles. The molecule has 1 aromatic carbocycles. The fourth-order valence-corrected chi connectivity index (χ4v) is 2.85. The van der Waals surface area contributed by atoms with E-state index >= 15 is 0 Å². The highest BCUT2D eigenvalue weighted by Gasteiger charge is 2.16. The van der Waals surface area contributed by atoms with Crippen LogP contribution in [0.4, 0.5) is 0 Å². The molecular weight excluding hydrogens is 260 g/mol. The molecule has 1 heterocycles. The summed E-state index contributed by atoms with van der Waals surface area (Å²) in [4.78, 5) is 9.36. The van der Waals surface area contributed by atoms with Crippen molar-refractivity contribution in [3.63, 3.8) is 0 Å². The van der Waals surface area contributed by atoms with Gasteiger partial charge in [0.25, 0.3) is 0 Å². The highest BCUT2D eigenvalue weighted by Crippen LogP contribution is 2.34. The van der Waals surface area contributed by atoms with E-state index in [4.69, 9.17) is 4.84 Å². The molecule has 21 heavy (non-hydrogen) atoms. The second-order valence-electron chi connectivity index (χ2n) is 5.52. The first-order valence-corrected chi connectivity index (χ1v) is 7.56. The quantitative estimate of drug-likeness (QED) is 0.605. The number of benzene rings is 1. The van der Waals surface area contributed by atoms with Crippen molar-refractivity contribution >= 4 is 6.21 Å². The Kier molecular flexibility index (Phi) is 4.62. The molecule has 0 radical (unpaired) electrons. The molecule has 0 bridgehead atoms. The van der Waals surface area contributed by atoms with Crippen LogP contribution in [0.5, 0.6) is 0 Å². The van der Waals surface area contributed by atoms with E-state index in [2.05, 4.69) is 34.4 Å². The summed E-state index contributed by atoms with van der Waals surface area (Å²) in [5.74, 6) is 0.731. The predicted octanol–water partition coefficient (Wildman–Crippen LogP) is 4.29. The molecular formula is C18H20N2O. The Bertz CT molecular complexity index is 589. The van der Waals surface area contributed by atoms with Crippen molar-refractivity contribution in [3.05, 3.63) is 65.5 Å². The Hall–Kier alpha value is -2.16. The van der Waals surface area contributed by atoms with E-state index < -0.39 is 0 Å². The molecule has 2 aromatic rings. The minimum Gasteiger partial charge on any atom is -0.391 e. The molecule has 1 fully saturated rings. The fraction of sp³-hybridized carbons (Fsp3) is 0.333. The number of pyridine rings is 1. The van der Waals surface area contributed by atoms with Crippen molar-refractivity contribution in [2.75, 3.05) is 0 Å². The van der Waals surface area contributed by atoms with Gasteiger partial charge in [0.05, 0.1) is 6.21 Å². The highest BCUT2D eigenvalue weighted by molar-refractivity contribution is 5.79. The van der Waals surface area contributed by atoms with Gasteiger partial charge in [-0.05, 0) is 42.0 Å². The van der Waals surface area contributed by atoms with Crippen molar-refractivity contribution in [2.24, 2.45) is 5.16 Å². The molecule has 108 valence electrons. The maximum Gasteiger partial charge on any atom is 0.143 e. The molecule has 0 unspecified atom stereocenters. The first-order valence-electron chi connectivity index (χ1n) is 7.56. The number of nitrogens with zero attached hydrogens (tertiary/aromatic N) is 2. The summed E-state index contributed by atoms with van der Waals surface area (Å²) in [6, 6.07) is 12.5. The van der Waals surface area contributed by atoms with E-state index in [0.717, 1.165) is 17.0 Å². The molecule has 0 aliphatic heterocycles. The lowest BCUT2D eigenvalue weighted by Gasteiger charge is -2.09. The Morgan fingerprint density at radius 3 is 2.90 bits per heavy atom. The number of rotatable bonds is 5. The molecule has 3 rings (SSSR count). The van der Waals surface area contributed by atoms with Gasteiger partial charge in [0.2, 0.25) is 0 Å². The third kappa shape index (κ3) is 3.91. The zero-order valence-corrected chi connectivity index (χ0v) is 12.1.